The van der Waals surface area contributed by atoms with Crippen LogP contribution in [0.15, 0.2) is 24.3 Å². The quantitative estimate of drug-likeness (QED) is 0.392. The summed E-state index contributed by atoms with van der Waals surface area (Å²) in [6, 6.07) is 5.91. The molecule has 0 saturated heterocycles. The number of ether oxygens (including phenoxy) is 1. The highest BCUT2D eigenvalue weighted by atomic mass is 16.6. The average molecular weight is 181 g/mol. The maximum atomic E-state index is 10.2. The number of rotatable bonds is 2. The van der Waals surface area contributed by atoms with Crippen molar-refractivity contribution in [3.05, 3.63) is 34.4 Å². The van der Waals surface area contributed by atoms with Crippen LogP contribution in [0.1, 0.15) is 0 Å². The van der Waals surface area contributed by atoms with Gasteiger partial charge in [-0.2, -0.15) is 0 Å². The van der Waals surface area contributed by atoms with Crippen LogP contribution in [-0.4, -0.2) is 12.0 Å². The lowest BCUT2D eigenvalue weighted by Crippen LogP contribution is -1.87. The Labute approximate surface area is 74.3 Å². The van der Waals surface area contributed by atoms with Gasteiger partial charge < -0.3 is 4.74 Å². The minimum Gasteiger partial charge on any atom is -0.497 e. The standard InChI is InChI=1S/C7H7NO3.N2/c1-11-7-4-2-6(3-5-7)8(9)10;1-2/h2-5H,1H3;. The van der Waals surface area contributed by atoms with Gasteiger partial charge in [0.1, 0.15) is 5.75 Å². The molecule has 6 heteroatoms. The molecule has 0 aliphatic rings. The molecule has 0 saturated carbocycles. The van der Waals surface area contributed by atoms with Crippen LogP contribution in [0.25, 0.3) is 0 Å². The van der Waals surface area contributed by atoms with Gasteiger partial charge in [-0.15, -0.1) is 0 Å². The Hall–Kier alpha value is -2.16. The topological polar surface area (TPSA) is 99.9 Å². The molecule has 0 bridgehead atoms. The second-order valence-electron chi connectivity index (χ2n) is 1.96. The summed E-state index contributed by atoms with van der Waals surface area (Å²) in [4.78, 5) is 9.72. The van der Waals surface area contributed by atoms with E-state index in [1.54, 1.807) is 12.1 Å². The molecular formula is C7H7N3O3. The maximum Gasteiger partial charge on any atom is 0.269 e. The third kappa shape index (κ3) is 3.16. The van der Waals surface area contributed by atoms with Crippen molar-refractivity contribution in [1.29, 1.82) is 10.8 Å². The van der Waals surface area contributed by atoms with Crippen LogP contribution >= 0.6 is 0 Å². The largest absolute Gasteiger partial charge is 0.497 e. The average Bonchev–Trinajstić information content (AvgIpc) is 2.21. The highest BCUT2D eigenvalue weighted by Crippen LogP contribution is 2.16. The molecular weight excluding hydrogens is 174 g/mol. The number of nitro benzene ring substituents is 1. The fraction of sp³-hybridized carbons (Fsp3) is 0.143. The van der Waals surface area contributed by atoms with E-state index >= 15 is 0 Å². The van der Waals surface area contributed by atoms with Crippen LogP contribution in [0.2, 0.25) is 0 Å². The van der Waals surface area contributed by atoms with Crippen molar-refractivity contribution >= 4 is 5.69 Å². The summed E-state index contributed by atoms with van der Waals surface area (Å²) in [5.41, 5.74) is 0.0748. The summed E-state index contributed by atoms with van der Waals surface area (Å²) in [6.07, 6.45) is 0. The van der Waals surface area contributed by atoms with Crippen molar-refractivity contribution in [1.82, 2.24) is 0 Å². The highest BCUT2D eigenvalue weighted by molar-refractivity contribution is 5.35. The van der Waals surface area contributed by atoms with Crippen molar-refractivity contribution in [2.24, 2.45) is 0 Å². The van der Waals surface area contributed by atoms with Crippen LogP contribution in [0, 0.1) is 20.9 Å². The van der Waals surface area contributed by atoms with Crippen molar-refractivity contribution < 1.29 is 9.66 Å². The zero-order chi connectivity index (χ0) is 10.3. The number of non-ortho nitro benzene ring substituents is 1. The molecule has 0 aromatic heterocycles. The summed E-state index contributed by atoms with van der Waals surface area (Å²) >= 11 is 0. The van der Waals surface area contributed by atoms with Crippen molar-refractivity contribution in [3.63, 3.8) is 0 Å². The van der Waals surface area contributed by atoms with Crippen molar-refractivity contribution in [2.75, 3.05) is 7.11 Å². The Kier molecular flexibility index (Phi) is 4.57. The van der Waals surface area contributed by atoms with E-state index < -0.39 is 4.92 Å². The first-order chi connectivity index (χ1) is 6.24. The zero-order valence-corrected chi connectivity index (χ0v) is 6.88. The number of hydrogen-bond donors (Lipinski definition) is 0. The molecule has 0 fully saturated rings. The van der Waals surface area contributed by atoms with E-state index in [0.717, 1.165) is 0 Å². The van der Waals surface area contributed by atoms with Gasteiger partial charge >= 0.3 is 0 Å². The molecule has 1 aromatic rings. The molecule has 0 N–H and O–H groups in total. The summed E-state index contributed by atoms with van der Waals surface area (Å²) < 4.78 is 4.83. The van der Waals surface area contributed by atoms with Crippen LogP contribution in [0.3, 0.4) is 0 Å². The fourth-order valence-electron chi connectivity index (χ4n) is 0.704. The van der Waals surface area contributed by atoms with Gasteiger partial charge in [-0.25, -0.2) is 0 Å². The molecule has 13 heavy (non-hydrogen) atoms. The van der Waals surface area contributed by atoms with E-state index in [1.807, 2.05) is 0 Å². The van der Waals surface area contributed by atoms with Crippen LogP contribution < -0.4 is 4.74 Å². The molecule has 6 nitrogen and oxygen atoms in total. The number of methoxy groups -OCH3 is 1. The van der Waals surface area contributed by atoms with Gasteiger partial charge in [-0.05, 0) is 12.1 Å². The maximum absolute atomic E-state index is 10.2. The number of nitrogens with zero attached hydrogens (tertiary/aromatic N) is 3. The predicted octanol–water partition coefficient (Wildman–Crippen LogP) is 1.63. The molecule has 0 heterocycles. The minimum atomic E-state index is -0.445. The van der Waals surface area contributed by atoms with Gasteiger partial charge in [0.2, 0.25) is 0 Å². The normalized spacial score (nSPS) is 7.92. The van der Waals surface area contributed by atoms with Gasteiger partial charge in [0.15, 0.2) is 0 Å². The van der Waals surface area contributed by atoms with Crippen LogP contribution in [0.4, 0.5) is 5.69 Å². The lowest BCUT2D eigenvalue weighted by atomic mass is 10.3. The SMILES string of the molecule is COc1ccc([N+](=O)[O-])cc1.N#N. The van der Waals surface area contributed by atoms with Crippen LogP contribution in [-0.2, 0) is 0 Å². The van der Waals surface area contributed by atoms with E-state index in [-0.39, 0.29) is 5.69 Å². The third-order valence-corrected chi connectivity index (χ3v) is 1.28. The molecule has 1 aromatic carbocycles. The van der Waals surface area contributed by atoms with Gasteiger partial charge in [-0.3, -0.25) is 10.1 Å². The van der Waals surface area contributed by atoms with E-state index in [9.17, 15) is 10.1 Å². The molecule has 68 valence electrons. The Morgan fingerprint density at radius 1 is 1.31 bits per heavy atom. The Morgan fingerprint density at radius 2 is 1.77 bits per heavy atom. The molecule has 0 aliphatic heterocycles. The summed E-state index contributed by atoms with van der Waals surface area (Å²) in [6.45, 7) is 0. The smallest absolute Gasteiger partial charge is 0.269 e. The predicted molar refractivity (Wildman–Crippen MR) is 43.1 cm³/mol. The number of nitro groups is 1. The van der Waals surface area contributed by atoms with Gasteiger partial charge in [0, 0.05) is 22.9 Å². The molecule has 0 aliphatic carbocycles. The lowest BCUT2D eigenvalue weighted by molar-refractivity contribution is -0.384. The first kappa shape index (κ1) is 10.8. The second-order valence-corrected chi connectivity index (χ2v) is 1.96. The van der Waals surface area contributed by atoms with E-state index in [4.69, 9.17) is 15.5 Å². The first-order valence-electron chi connectivity index (χ1n) is 3.22. The van der Waals surface area contributed by atoms with Gasteiger partial charge in [0.25, 0.3) is 5.69 Å². The molecule has 1 rings (SSSR count). The lowest BCUT2D eigenvalue weighted by Gasteiger charge is -1.96. The Morgan fingerprint density at radius 3 is 2.08 bits per heavy atom. The van der Waals surface area contributed by atoms with Crippen molar-refractivity contribution in [2.45, 2.75) is 0 Å². The molecule has 0 radical (unpaired) electrons. The van der Waals surface area contributed by atoms with Crippen molar-refractivity contribution in [3.8, 4) is 5.75 Å². The first-order valence-corrected chi connectivity index (χ1v) is 3.22. The Bertz CT molecular complexity index is 294. The summed E-state index contributed by atoms with van der Waals surface area (Å²) in [5.74, 6) is 0.621. The molecule has 0 unspecified atom stereocenters. The zero-order valence-electron chi connectivity index (χ0n) is 6.88. The van der Waals surface area contributed by atoms with E-state index in [2.05, 4.69) is 0 Å². The number of benzene rings is 1. The fourth-order valence-corrected chi connectivity index (χ4v) is 0.704. The molecule has 0 atom stereocenters. The Balaban J connectivity index is 0.000000671. The van der Waals surface area contributed by atoms with Gasteiger partial charge in [0.05, 0.1) is 12.0 Å². The van der Waals surface area contributed by atoms with E-state index in [1.165, 1.54) is 19.2 Å². The highest BCUT2D eigenvalue weighted by Gasteiger charge is 2.02. The number of hydrogen-bond acceptors (Lipinski definition) is 5. The minimum absolute atomic E-state index is 0.0748. The summed E-state index contributed by atoms with van der Waals surface area (Å²) in [7, 11) is 1.52. The monoisotopic (exact) mass is 181 g/mol. The molecule has 0 amide bonds. The van der Waals surface area contributed by atoms with Gasteiger partial charge in [-0.1, -0.05) is 0 Å². The molecule has 0 spiro atoms. The van der Waals surface area contributed by atoms with Crippen LogP contribution in [0.5, 0.6) is 5.75 Å². The summed E-state index contributed by atoms with van der Waals surface area (Å²) in [5, 5.41) is 22.2. The second kappa shape index (κ2) is 5.49. The third-order valence-electron chi connectivity index (χ3n) is 1.28. The van der Waals surface area contributed by atoms with E-state index in [0.29, 0.717) is 5.75 Å².